The number of hydrogen-bond acceptors (Lipinski definition) is 4. The third-order valence-electron chi connectivity index (χ3n) is 4.34. The van der Waals surface area contributed by atoms with E-state index in [9.17, 15) is 4.79 Å². The van der Waals surface area contributed by atoms with Crippen molar-refractivity contribution in [2.75, 3.05) is 33.3 Å². The van der Waals surface area contributed by atoms with E-state index in [1.165, 1.54) is 0 Å². The number of rotatable bonds is 2. The number of likely N-dealkylation sites (tertiary alicyclic amines) is 1. The van der Waals surface area contributed by atoms with Crippen LogP contribution >= 0.6 is 0 Å². The number of morpholine rings is 1. The van der Waals surface area contributed by atoms with Gasteiger partial charge in [-0.15, -0.1) is 0 Å². The summed E-state index contributed by atoms with van der Waals surface area (Å²) < 4.78 is 5.79. The highest BCUT2D eigenvalue weighted by Gasteiger charge is 2.41. The molecule has 0 bridgehead atoms. The average molecular weight is 278 g/mol. The summed E-state index contributed by atoms with van der Waals surface area (Å²) in [5.41, 5.74) is 1.61. The first kappa shape index (κ1) is 13.6. The van der Waals surface area contributed by atoms with Crippen LogP contribution < -0.4 is 0 Å². The van der Waals surface area contributed by atoms with Gasteiger partial charge in [0.2, 0.25) is 0 Å². The number of nitrogens with zero attached hydrogens (tertiary/aromatic N) is 3. The average Bonchev–Trinajstić information content (AvgIpc) is 3.05. The minimum atomic E-state index is 0.0637. The summed E-state index contributed by atoms with van der Waals surface area (Å²) in [4.78, 5) is 16.9. The van der Waals surface area contributed by atoms with Crippen molar-refractivity contribution in [2.45, 2.75) is 31.9 Å². The molecular weight excluding hydrogens is 256 g/mol. The molecule has 0 spiro atoms. The van der Waals surface area contributed by atoms with Gasteiger partial charge in [-0.25, -0.2) is 0 Å². The molecule has 2 aliphatic rings. The van der Waals surface area contributed by atoms with Crippen LogP contribution in [0.5, 0.6) is 0 Å². The van der Waals surface area contributed by atoms with Gasteiger partial charge in [0, 0.05) is 19.6 Å². The molecule has 1 aromatic heterocycles. The van der Waals surface area contributed by atoms with Gasteiger partial charge in [0.05, 0.1) is 36.2 Å². The predicted octanol–water partition coefficient (Wildman–Crippen LogP) is 0.688. The van der Waals surface area contributed by atoms with Gasteiger partial charge in [0.15, 0.2) is 0 Å². The van der Waals surface area contributed by atoms with E-state index < -0.39 is 0 Å². The Balaban J connectivity index is 1.77. The maximum atomic E-state index is 12.7. The highest BCUT2D eigenvalue weighted by Crippen LogP contribution is 2.25. The molecule has 20 heavy (non-hydrogen) atoms. The fourth-order valence-corrected chi connectivity index (χ4v) is 3.10. The summed E-state index contributed by atoms with van der Waals surface area (Å²) in [7, 11) is 2.10. The van der Waals surface area contributed by atoms with Crippen LogP contribution in [0.25, 0.3) is 0 Å². The van der Waals surface area contributed by atoms with E-state index in [4.69, 9.17) is 4.74 Å². The smallest absolute Gasteiger partial charge is 0.257 e. The molecule has 6 nitrogen and oxygen atoms in total. The molecule has 2 saturated heterocycles. The normalized spacial score (nSPS) is 27.1. The van der Waals surface area contributed by atoms with Gasteiger partial charge in [-0.3, -0.25) is 14.8 Å². The molecule has 110 valence electrons. The van der Waals surface area contributed by atoms with Crippen molar-refractivity contribution in [2.24, 2.45) is 0 Å². The molecule has 0 unspecified atom stereocenters. The van der Waals surface area contributed by atoms with Crippen LogP contribution in [-0.2, 0) is 4.74 Å². The molecule has 1 aromatic rings. The summed E-state index contributed by atoms with van der Waals surface area (Å²) >= 11 is 0. The van der Waals surface area contributed by atoms with E-state index in [0.717, 1.165) is 25.4 Å². The van der Waals surface area contributed by atoms with Gasteiger partial charge in [0.1, 0.15) is 0 Å². The van der Waals surface area contributed by atoms with Crippen molar-refractivity contribution in [1.29, 1.82) is 0 Å². The Labute approximate surface area is 119 Å². The Hall–Kier alpha value is -1.40. The van der Waals surface area contributed by atoms with Gasteiger partial charge in [0.25, 0.3) is 5.91 Å². The first-order valence-corrected chi connectivity index (χ1v) is 7.22. The fourth-order valence-electron chi connectivity index (χ4n) is 3.10. The number of H-pyrrole nitrogens is 1. The van der Waals surface area contributed by atoms with Gasteiger partial charge in [-0.1, -0.05) is 13.8 Å². The fraction of sp³-hybridized carbons (Fsp3) is 0.714. The minimum absolute atomic E-state index is 0.0637. The Bertz CT molecular complexity index is 499. The lowest BCUT2D eigenvalue weighted by atomic mass is 10.1. The number of aromatic nitrogens is 2. The third-order valence-corrected chi connectivity index (χ3v) is 4.34. The highest BCUT2D eigenvalue weighted by molar-refractivity contribution is 5.95. The largest absolute Gasteiger partial charge is 0.373 e. The number of carbonyl (C=O) groups is 1. The zero-order valence-corrected chi connectivity index (χ0v) is 12.3. The van der Waals surface area contributed by atoms with Crippen molar-refractivity contribution >= 4 is 5.91 Å². The number of ether oxygens (including phenoxy) is 1. The predicted molar refractivity (Wildman–Crippen MR) is 74.7 cm³/mol. The number of carbonyl (C=O) groups excluding carboxylic acids is 1. The molecule has 1 N–H and O–H groups in total. The molecule has 2 atom stereocenters. The summed E-state index contributed by atoms with van der Waals surface area (Å²) in [5.74, 6) is 0.328. The van der Waals surface area contributed by atoms with Gasteiger partial charge in [-0.2, -0.15) is 5.10 Å². The molecule has 0 aliphatic carbocycles. The zero-order valence-electron chi connectivity index (χ0n) is 12.3. The van der Waals surface area contributed by atoms with Crippen molar-refractivity contribution in [3.05, 3.63) is 17.5 Å². The molecule has 0 radical (unpaired) electrons. The number of fused-ring (bicyclic) bond motifs is 1. The van der Waals surface area contributed by atoms with E-state index in [1.54, 1.807) is 6.20 Å². The molecule has 0 aromatic carbocycles. The van der Waals surface area contributed by atoms with Crippen molar-refractivity contribution < 1.29 is 9.53 Å². The van der Waals surface area contributed by atoms with Gasteiger partial charge < -0.3 is 9.64 Å². The first-order valence-electron chi connectivity index (χ1n) is 7.22. The molecule has 1 amide bonds. The summed E-state index contributed by atoms with van der Waals surface area (Å²) in [5, 5.41) is 6.97. The van der Waals surface area contributed by atoms with E-state index in [2.05, 4.69) is 36.0 Å². The molecule has 2 aliphatic heterocycles. The number of hydrogen-bond donors (Lipinski definition) is 1. The number of nitrogens with one attached hydrogen (secondary N) is 1. The lowest BCUT2D eigenvalue weighted by Crippen LogP contribution is -2.48. The Morgan fingerprint density at radius 2 is 2.30 bits per heavy atom. The van der Waals surface area contributed by atoms with E-state index in [1.807, 2.05) is 4.90 Å². The maximum absolute atomic E-state index is 12.7. The second kappa shape index (κ2) is 5.18. The van der Waals surface area contributed by atoms with Crippen LogP contribution in [0.3, 0.4) is 0 Å². The molecule has 6 heteroatoms. The summed E-state index contributed by atoms with van der Waals surface area (Å²) in [6.07, 6.45) is 1.79. The summed E-state index contributed by atoms with van der Waals surface area (Å²) in [6, 6.07) is 0.321. The third kappa shape index (κ3) is 2.23. The lowest BCUT2D eigenvalue weighted by molar-refractivity contribution is -0.0368. The number of likely N-dealkylation sites (N-methyl/N-ethyl adjacent to an activating group) is 1. The van der Waals surface area contributed by atoms with Crippen LogP contribution in [-0.4, -0.2) is 71.3 Å². The molecule has 0 saturated carbocycles. The summed E-state index contributed by atoms with van der Waals surface area (Å²) in [6.45, 7) is 7.23. The van der Waals surface area contributed by atoms with Crippen molar-refractivity contribution in [3.63, 3.8) is 0 Å². The van der Waals surface area contributed by atoms with Crippen LogP contribution in [0.15, 0.2) is 6.20 Å². The van der Waals surface area contributed by atoms with Crippen LogP contribution in [0.2, 0.25) is 0 Å². The molecular formula is C14H22N4O2. The van der Waals surface area contributed by atoms with Crippen molar-refractivity contribution in [3.8, 4) is 0 Å². The Morgan fingerprint density at radius 3 is 3.00 bits per heavy atom. The molecule has 2 fully saturated rings. The number of amides is 1. The quantitative estimate of drug-likeness (QED) is 0.864. The topological polar surface area (TPSA) is 61.5 Å². The van der Waals surface area contributed by atoms with Crippen LogP contribution in [0, 0.1) is 0 Å². The van der Waals surface area contributed by atoms with Crippen LogP contribution in [0.1, 0.15) is 35.8 Å². The molecule has 3 rings (SSSR count). The van der Waals surface area contributed by atoms with E-state index in [-0.39, 0.29) is 17.9 Å². The second-order valence-electron chi connectivity index (χ2n) is 6.02. The van der Waals surface area contributed by atoms with E-state index in [0.29, 0.717) is 18.2 Å². The van der Waals surface area contributed by atoms with Crippen LogP contribution in [0.4, 0.5) is 0 Å². The molecule has 3 heterocycles. The Kier molecular flexibility index (Phi) is 3.52. The zero-order chi connectivity index (χ0) is 14.3. The number of aromatic amines is 1. The lowest BCUT2D eigenvalue weighted by Gasteiger charge is -2.33. The monoisotopic (exact) mass is 278 g/mol. The standard InChI is InChI=1S/C14H22N4O2/c1-9(2)13-10(6-15-16-13)14(19)18-7-11-12(8-18)20-5-4-17(11)3/h6,9,11-12H,4-5,7-8H2,1-3H3,(H,15,16)/t11-,12+/m0/s1. The maximum Gasteiger partial charge on any atom is 0.257 e. The second-order valence-corrected chi connectivity index (χ2v) is 6.02. The SMILES string of the molecule is CC(C)c1[nH]ncc1C(=O)N1C[C@H]2OCCN(C)[C@H]2C1. The highest BCUT2D eigenvalue weighted by atomic mass is 16.5. The first-order chi connectivity index (χ1) is 9.58. The minimum Gasteiger partial charge on any atom is -0.373 e. The Morgan fingerprint density at radius 1 is 1.50 bits per heavy atom. The van der Waals surface area contributed by atoms with Gasteiger partial charge in [-0.05, 0) is 13.0 Å². The van der Waals surface area contributed by atoms with Gasteiger partial charge >= 0.3 is 0 Å². The van der Waals surface area contributed by atoms with Crippen molar-refractivity contribution in [1.82, 2.24) is 20.0 Å². The van der Waals surface area contributed by atoms with E-state index >= 15 is 0 Å².